The van der Waals surface area contributed by atoms with E-state index < -0.39 is 6.04 Å². The van der Waals surface area contributed by atoms with Crippen LogP contribution in [0, 0.1) is 0 Å². The minimum Gasteiger partial charge on any atom is -0.489 e. The number of carbonyl (C=O) groups is 3. The highest BCUT2D eigenvalue weighted by Crippen LogP contribution is 2.35. The molecule has 0 radical (unpaired) electrons. The third-order valence-corrected chi connectivity index (χ3v) is 8.02. The number of benzene rings is 1. The number of nitrogens with one attached hydrogen (secondary N) is 1. The van der Waals surface area contributed by atoms with Gasteiger partial charge in [-0.1, -0.05) is 0 Å². The Balaban J connectivity index is 1.23. The molecule has 184 valence electrons. The maximum atomic E-state index is 12.9. The number of rotatable bonds is 6. The number of imide groups is 1. The highest BCUT2D eigenvalue weighted by Gasteiger charge is 2.41. The van der Waals surface area contributed by atoms with Crippen molar-refractivity contribution in [2.45, 2.75) is 89.1 Å². The lowest BCUT2D eigenvalue weighted by molar-refractivity contribution is -0.136. The third kappa shape index (κ3) is 4.45. The first kappa shape index (κ1) is 23.3. The van der Waals surface area contributed by atoms with Gasteiger partial charge in [0.15, 0.2) is 0 Å². The van der Waals surface area contributed by atoms with Crippen LogP contribution in [0.4, 0.5) is 0 Å². The van der Waals surface area contributed by atoms with Crippen molar-refractivity contribution in [3.63, 3.8) is 0 Å². The van der Waals surface area contributed by atoms with Crippen LogP contribution in [0.5, 0.6) is 5.75 Å². The van der Waals surface area contributed by atoms with Crippen LogP contribution in [0.3, 0.4) is 0 Å². The molecule has 0 aromatic heterocycles. The number of piperidine rings is 2. The van der Waals surface area contributed by atoms with E-state index in [0.29, 0.717) is 24.6 Å². The molecular weight excluding hydrogens is 434 g/mol. The second-order valence-corrected chi connectivity index (χ2v) is 10.3. The zero-order chi connectivity index (χ0) is 23.9. The Hall–Kier alpha value is -2.45. The van der Waals surface area contributed by atoms with E-state index in [1.54, 1.807) is 4.90 Å². The van der Waals surface area contributed by atoms with E-state index in [1.165, 1.54) is 0 Å². The quantitative estimate of drug-likeness (QED) is 0.645. The third-order valence-electron chi connectivity index (χ3n) is 8.02. The van der Waals surface area contributed by atoms with Gasteiger partial charge in [0.25, 0.3) is 5.91 Å². The van der Waals surface area contributed by atoms with Gasteiger partial charge < -0.3 is 14.4 Å². The van der Waals surface area contributed by atoms with Gasteiger partial charge >= 0.3 is 0 Å². The lowest BCUT2D eigenvalue weighted by atomic mass is 9.92. The molecule has 34 heavy (non-hydrogen) atoms. The minimum atomic E-state index is -0.595. The van der Waals surface area contributed by atoms with Crippen LogP contribution in [-0.4, -0.2) is 71.0 Å². The van der Waals surface area contributed by atoms with Crippen LogP contribution in [0.1, 0.15) is 74.7 Å². The van der Waals surface area contributed by atoms with Crippen LogP contribution >= 0.6 is 0 Å². The fourth-order valence-corrected chi connectivity index (χ4v) is 6.08. The van der Waals surface area contributed by atoms with Crippen molar-refractivity contribution in [3.8, 4) is 5.75 Å². The number of carbonyl (C=O) groups excluding carboxylic acids is 3. The number of ether oxygens (including phenoxy) is 2. The summed E-state index contributed by atoms with van der Waals surface area (Å²) in [6.45, 7) is 7.47. The predicted molar refractivity (Wildman–Crippen MR) is 125 cm³/mol. The molecule has 8 heteroatoms. The van der Waals surface area contributed by atoms with Crippen molar-refractivity contribution >= 4 is 17.7 Å². The Morgan fingerprint density at radius 1 is 1.12 bits per heavy atom. The molecule has 1 N–H and O–H groups in total. The van der Waals surface area contributed by atoms with Gasteiger partial charge in [0.2, 0.25) is 11.8 Å². The molecular formula is C26H35N3O5. The molecule has 1 aromatic rings. The monoisotopic (exact) mass is 469 g/mol. The van der Waals surface area contributed by atoms with Crippen molar-refractivity contribution in [2.24, 2.45) is 0 Å². The van der Waals surface area contributed by atoms with Crippen LogP contribution in [0.2, 0.25) is 0 Å². The van der Waals surface area contributed by atoms with E-state index in [-0.39, 0.29) is 35.8 Å². The Morgan fingerprint density at radius 3 is 2.65 bits per heavy atom. The van der Waals surface area contributed by atoms with Crippen LogP contribution in [0.15, 0.2) is 18.2 Å². The van der Waals surface area contributed by atoms with Crippen LogP contribution in [0.25, 0.3) is 0 Å². The predicted octanol–water partition coefficient (Wildman–Crippen LogP) is 2.64. The summed E-state index contributed by atoms with van der Waals surface area (Å²) in [5, 5.41) is 2.35. The first-order valence-corrected chi connectivity index (χ1v) is 12.7. The van der Waals surface area contributed by atoms with E-state index in [4.69, 9.17) is 9.47 Å². The summed E-state index contributed by atoms with van der Waals surface area (Å²) >= 11 is 0. The van der Waals surface area contributed by atoms with Crippen LogP contribution in [-0.2, 0) is 20.9 Å². The zero-order valence-corrected chi connectivity index (χ0v) is 20.2. The molecule has 3 atom stereocenters. The van der Waals surface area contributed by atoms with Gasteiger partial charge in [-0.15, -0.1) is 0 Å². The smallest absolute Gasteiger partial charge is 0.255 e. The molecule has 0 spiro atoms. The Morgan fingerprint density at radius 2 is 1.91 bits per heavy atom. The molecule has 3 aliphatic heterocycles. The average molecular weight is 470 g/mol. The van der Waals surface area contributed by atoms with Crippen molar-refractivity contribution in [1.29, 1.82) is 0 Å². The number of fused-ring (bicyclic) bond motifs is 1. The van der Waals surface area contributed by atoms with Gasteiger partial charge in [0.1, 0.15) is 17.9 Å². The summed E-state index contributed by atoms with van der Waals surface area (Å²) in [7, 11) is 0. The normalized spacial score (nSPS) is 29.3. The summed E-state index contributed by atoms with van der Waals surface area (Å²) in [5.41, 5.74) is 1.49. The van der Waals surface area contributed by atoms with Gasteiger partial charge in [-0.3, -0.25) is 24.6 Å². The van der Waals surface area contributed by atoms with E-state index in [9.17, 15) is 14.4 Å². The summed E-state index contributed by atoms with van der Waals surface area (Å²) in [4.78, 5) is 40.9. The lowest BCUT2D eigenvalue weighted by Gasteiger charge is -2.42. The first-order chi connectivity index (χ1) is 16.4. The summed E-state index contributed by atoms with van der Waals surface area (Å²) in [6.07, 6.45) is 6.18. The highest BCUT2D eigenvalue weighted by atomic mass is 16.5. The van der Waals surface area contributed by atoms with Gasteiger partial charge in [0.05, 0.1) is 5.60 Å². The van der Waals surface area contributed by atoms with E-state index in [1.807, 2.05) is 18.2 Å². The Kier molecular flexibility index (Phi) is 6.37. The van der Waals surface area contributed by atoms with Gasteiger partial charge in [-0.05, 0) is 76.1 Å². The Bertz CT molecular complexity index is 971. The maximum absolute atomic E-state index is 12.9. The molecule has 3 amide bonds. The first-order valence-electron chi connectivity index (χ1n) is 12.7. The maximum Gasteiger partial charge on any atom is 0.255 e. The average Bonchev–Trinajstić information content (AvgIpc) is 3.39. The zero-order valence-electron chi connectivity index (χ0n) is 20.2. The summed E-state index contributed by atoms with van der Waals surface area (Å²) in [6, 6.07) is 5.46. The van der Waals surface area contributed by atoms with Gasteiger partial charge in [-0.2, -0.15) is 0 Å². The molecule has 4 aliphatic rings. The molecule has 1 saturated carbocycles. The van der Waals surface area contributed by atoms with Gasteiger partial charge in [0, 0.05) is 44.3 Å². The fraction of sp³-hybridized carbons (Fsp3) is 0.654. The molecule has 8 nitrogen and oxygen atoms in total. The number of nitrogens with zero attached hydrogens (tertiary/aromatic N) is 2. The molecule has 5 rings (SSSR count). The highest BCUT2D eigenvalue weighted by molar-refractivity contribution is 6.05. The van der Waals surface area contributed by atoms with Crippen molar-refractivity contribution in [2.75, 3.05) is 19.7 Å². The minimum absolute atomic E-state index is 0.0128. The number of amides is 3. The molecule has 3 heterocycles. The summed E-state index contributed by atoms with van der Waals surface area (Å²) < 4.78 is 12.5. The molecule has 1 unspecified atom stereocenters. The Labute approximate surface area is 200 Å². The molecule has 3 fully saturated rings. The van der Waals surface area contributed by atoms with Crippen molar-refractivity contribution in [3.05, 3.63) is 29.3 Å². The standard InChI is InChI=1S/C26H35N3O5/c1-3-33-26(2)11-13-28(14-12-26)20-5-4-6-22(20)34-18-7-8-19-17(15-18)16-29(25(19)32)21-9-10-23(30)27-24(21)31/h7-8,15,20-22H,3-6,9-14,16H2,1-2H3,(H,27,30,31)/t20-,21?,22+/m1/s1. The second kappa shape index (κ2) is 9.30. The number of likely N-dealkylation sites (tertiary alicyclic amines) is 1. The second-order valence-electron chi connectivity index (χ2n) is 10.3. The van der Waals surface area contributed by atoms with E-state index in [2.05, 4.69) is 24.1 Å². The fourth-order valence-electron chi connectivity index (χ4n) is 6.08. The molecule has 1 aliphatic carbocycles. The topological polar surface area (TPSA) is 88.2 Å². The number of hydrogen-bond acceptors (Lipinski definition) is 6. The molecule has 0 bridgehead atoms. The lowest BCUT2D eigenvalue weighted by Crippen LogP contribution is -2.52. The molecule has 1 aromatic carbocycles. The molecule has 2 saturated heterocycles. The largest absolute Gasteiger partial charge is 0.489 e. The number of hydrogen-bond donors (Lipinski definition) is 1. The van der Waals surface area contributed by atoms with E-state index in [0.717, 1.165) is 63.1 Å². The van der Waals surface area contributed by atoms with Gasteiger partial charge in [-0.25, -0.2) is 0 Å². The van der Waals surface area contributed by atoms with Crippen molar-refractivity contribution < 1.29 is 23.9 Å². The van der Waals surface area contributed by atoms with E-state index >= 15 is 0 Å². The SMILES string of the molecule is CCOC1(C)CCN([C@@H]2CCC[C@@H]2Oc2ccc3c(c2)CN(C2CCC(=O)NC2=O)C3=O)CC1. The van der Waals surface area contributed by atoms with Crippen LogP contribution < -0.4 is 10.1 Å². The summed E-state index contributed by atoms with van der Waals surface area (Å²) in [5.74, 6) is -0.0294. The van der Waals surface area contributed by atoms with Crippen molar-refractivity contribution in [1.82, 2.24) is 15.1 Å².